The fourth-order valence-corrected chi connectivity index (χ4v) is 3.16. The van der Waals surface area contributed by atoms with Crippen molar-refractivity contribution < 1.29 is 23.7 Å². The standard InChI is InChI=1S/C27H25NO5/c1-30-24-12-7-6-11-23(24)21(19-28)17-20-14-15-25(26(18-20)31-2)33-27(29)13-8-16-32-22-9-4-3-5-10-22/h3-7,9-12,14-15,17-18H,8,13,16H2,1-2H3/b21-17-. The van der Waals surface area contributed by atoms with Crippen LogP contribution in [0.1, 0.15) is 24.0 Å². The lowest BCUT2D eigenvalue weighted by Gasteiger charge is -2.11. The Hall–Kier alpha value is -4.24. The molecule has 0 aliphatic carbocycles. The van der Waals surface area contributed by atoms with Crippen LogP contribution in [0.25, 0.3) is 11.6 Å². The second-order valence-electron chi connectivity index (χ2n) is 7.02. The molecule has 3 rings (SSSR count). The number of allylic oxidation sites excluding steroid dienone is 1. The molecule has 33 heavy (non-hydrogen) atoms. The summed E-state index contributed by atoms with van der Waals surface area (Å²) in [6.07, 6.45) is 2.47. The Kier molecular flexibility index (Phi) is 8.49. The van der Waals surface area contributed by atoms with Crippen molar-refractivity contribution in [3.8, 4) is 29.1 Å². The van der Waals surface area contributed by atoms with Crippen molar-refractivity contribution >= 4 is 17.6 Å². The Labute approximate surface area is 193 Å². The molecule has 0 N–H and O–H groups in total. The Morgan fingerprint density at radius 3 is 2.36 bits per heavy atom. The zero-order chi connectivity index (χ0) is 23.5. The third-order valence-electron chi connectivity index (χ3n) is 4.78. The van der Waals surface area contributed by atoms with E-state index in [4.69, 9.17) is 18.9 Å². The van der Waals surface area contributed by atoms with E-state index >= 15 is 0 Å². The Morgan fingerprint density at radius 1 is 0.909 bits per heavy atom. The van der Waals surface area contributed by atoms with Gasteiger partial charge in [-0.25, -0.2) is 0 Å². The van der Waals surface area contributed by atoms with E-state index in [1.54, 1.807) is 37.5 Å². The lowest BCUT2D eigenvalue weighted by molar-refractivity contribution is -0.134. The Balaban J connectivity index is 1.64. The molecule has 6 nitrogen and oxygen atoms in total. The quantitative estimate of drug-likeness (QED) is 0.135. The summed E-state index contributed by atoms with van der Waals surface area (Å²) in [6.45, 7) is 0.417. The first-order valence-electron chi connectivity index (χ1n) is 10.5. The second-order valence-corrected chi connectivity index (χ2v) is 7.02. The fraction of sp³-hybridized carbons (Fsp3) is 0.185. The highest BCUT2D eigenvalue weighted by atomic mass is 16.6. The highest BCUT2D eigenvalue weighted by Crippen LogP contribution is 2.32. The van der Waals surface area contributed by atoms with Crippen molar-refractivity contribution in [2.45, 2.75) is 12.8 Å². The first-order valence-corrected chi connectivity index (χ1v) is 10.5. The number of carbonyl (C=O) groups excluding carboxylic acids is 1. The average molecular weight is 443 g/mol. The smallest absolute Gasteiger partial charge is 0.311 e. The van der Waals surface area contributed by atoms with Gasteiger partial charge >= 0.3 is 5.97 Å². The van der Waals surface area contributed by atoms with Gasteiger partial charge in [0.1, 0.15) is 11.5 Å². The molecule has 0 aliphatic rings. The van der Waals surface area contributed by atoms with Crippen LogP contribution < -0.4 is 18.9 Å². The molecule has 0 aliphatic heterocycles. The number of esters is 1. The van der Waals surface area contributed by atoms with Gasteiger partial charge in [0.15, 0.2) is 11.5 Å². The van der Waals surface area contributed by atoms with E-state index in [-0.39, 0.29) is 12.4 Å². The van der Waals surface area contributed by atoms with Gasteiger partial charge in [0.05, 0.1) is 32.5 Å². The predicted octanol–water partition coefficient (Wildman–Crippen LogP) is 5.53. The molecule has 0 saturated heterocycles. The topological polar surface area (TPSA) is 77.8 Å². The largest absolute Gasteiger partial charge is 0.496 e. The number of hydrogen-bond donors (Lipinski definition) is 0. The zero-order valence-electron chi connectivity index (χ0n) is 18.6. The van der Waals surface area contributed by atoms with Crippen molar-refractivity contribution in [3.05, 3.63) is 83.9 Å². The number of hydrogen-bond acceptors (Lipinski definition) is 6. The lowest BCUT2D eigenvalue weighted by atomic mass is 10.0. The predicted molar refractivity (Wildman–Crippen MR) is 126 cm³/mol. The molecule has 6 heteroatoms. The van der Waals surface area contributed by atoms with E-state index in [9.17, 15) is 10.1 Å². The van der Waals surface area contributed by atoms with Gasteiger partial charge in [-0.15, -0.1) is 0 Å². The molecule has 3 aromatic carbocycles. The van der Waals surface area contributed by atoms with Crippen molar-refractivity contribution in [2.24, 2.45) is 0 Å². The summed E-state index contributed by atoms with van der Waals surface area (Å²) in [5.74, 6) is 1.72. The Bertz CT molecular complexity index is 1150. The molecule has 0 amide bonds. The normalized spacial score (nSPS) is 10.8. The van der Waals surface area contributed by atoms with Crippen molar-refractivity contribution in [1.29, 1.82) is 5.26 Å². The van der Waals surface area contributed by atoms with E-state index < -0.39 is 0 Å². The summed E-state index contributed by atoms with van der Waals surface area (Å²) in [6, 6.07) is 24.1. The van der Waals surface area contributed by atoms with Crippen molar-refractivity contribution in [3.63, 3.8) is 0 Å². The summed E-state index contributed by atoms with van der Waals surface area (Å²) in [5.41, 5.74) is 1.86. The minimum absolute atomic E-state index is 0.212. The summed E-state index contributed by atoms with van der Waals surface area (Å²) in [5, 5.41) is 9.65. The molecule has 0 aromatic heterocycles. The van der Waals surface area contributed by atoms with E-state index in [1.165, 1.54) is 7.11 Å². The van der Waals surface area contributed by atoms with Gasteiger partial charge in [0.25, 0.3) is 0 Å². The van der Waals surface area contributed by atoms with E-state index in [0.29, 0.717) is 41.4 Å². The molecular weight excluding hydrogens is 418 g/mol. The molecule has 168 valence electrons. The van der Waals surface area contributed by atoms with Gasteiger partial charge < -0.3 is 18.9 Å². The molecule has 0 spiro atoms. The van der Waals surface area contributed by atoms with Gasteiger partial charge in [-0.2, -0.15) is 5.26 Å². The van der Waals surface area contributed by atoms with Crippen LogP contribution in [0.4, 0.5) is 0 Å². The molecule has 0 saturated carbocycles. The zero-order valence-corrected chi connectivity index (χ0v) is 18.6. The molecule has 3 aromatic rings. The first kappa shape index (κ1) is 23.4. The van der Waals surface area contributed by atoms with Crippen molar-refractivity contribution in [1.82, 2.24) is 0 Å². The minimum Gasteiger partial charge on any atom is -0.496 e. The average Bonchev–Trinajstić information content (AvgIpc) is 2.86. The number of para-hydroxylation sites is 2. The molecular formula is C27H25NO5. The number of nitriles is 1. The monoisotopic (exact) mass is 443 g/mol. The summed E-state index contributed by atoms with van der Waals surface area (Å²) in [7, 11) is 3.06. The van der Waals surface area contributed by atoms with Crippen LogP contribution in [-0.4, -0.2) is 26.8 Å². The van der Waals surface area contributed by atoms with Gasteiger partial charge in [0, 0.05) is 12.0 Å². The van der Waals surface area contributed by atoms with Gasteiger partial charge in [0.2, 0.25) is 0 Å². The fourth-order valence-electron chi connectivity index (χ4n) is 3.16. The molecule has 0 unspecified atom stereocenters. The maximum atomic E-state index is 12.3. The first-order chi connectivity index (χ1) is 16.1. The van der Waals surface area contributed by atoms with Gasteiger partial charge in [-0.1, -0.05) is 36.4 Å². The van der Waals surface area contributed by atoms with Crippen LogP contribution in [0.5, 0.6) is 23.0 Å². The molecule has 0 heterocycles. The molecule has 0 fully saturated rings. The number of rotatable bonds is 10. The van der Waals surface area contributed by atoms with Crippen LogP contribution in [0.2, 0.25) is 0 Å². The maximum Gasteiger partial charge on any atom is 0.311 e. The van der Waals surface area contributed by atoms with Gasteiger partial charge in [-0.3, -0.25) is 4.79 Å². The third-order valence-corrected chi connectivity index (χ3v) is 4.78. The molecule has 0 atom stereocenters. The van der Waals surface area contributed by atoms with Gasteiger partial charge in [-0.05, 0) is 54.5 Å². The highest BCUT2D eigenvalue weighted by Gasteiger charge is 2.12. The van der Waals surface area contributed by atoms with Crippen LogP contribution >= 0.6 is 0 Å². The SMILES string of the molecule is COc1cc(/C=C(/C#N)c2ccccc2OC)ccc1OC(=O)CCCOc1ccccc1. The summed E-state index contributed by atoms with van der Waals surface area (Å²) in [4.78, 5) is 12.3. The minimum atomic E-state index is -0.375. The number of methoxy groups -OCH3 is 2. The molecule has 0 bridgehead atoms. The highest BCUT2D eigenvalue weighted by molar-refractivity contribution is 5.92. The lowest BCUT2D eigenvalue weighted by Crippen LogP contribution is -2.10. The van der Waals surface area contributed by atoms with E-state index in [1.807, 2.05) is 48.5 Å². The number of nitrogens with zero attached hydrogens (tertiary/aromatic N) is 1. The third kappa shape index (κ3) is 6.62. The maximum absolute atomic E-state index is 12.3. The van der Waals surface area contributed by atoms with E-state index in [0.717, 1.165) is 11.3 Å². The van der Waals surface area contributed by atoms with Crippen LogP contribution in [0, 0.1) is 11.3 Å². The number of benzene rings is 3. The number of carbonyl (C=O) groups is 1. The second kappa shape index (κ2) is 12.0. The number of ether oxygens (including phenoxy) is 4. The summed E-state index contributed by atoms with van der Waals surface area (Å²) >= 11 is 0. The van der Waals surface area contributed by atoms with Crippen LogP contribution in [0.3, 0.4) is 0 Å². The van der Waals surface area contributed by atoms with Crippen LogP contribution in [-0.2, 0) is 4.79 Å². The molecule has 0 radical (unpaired) electrons. The van der Waals surface area contributed by atoms with Crippen molar-refractivity contribution in [2.75, 3.05) is 20.8 Å². The van der Waals surface area contributed by atoms with Crippen LogP contribution in [0.15, 0.2) is 72.8 Å². The Morgan fingerprint density at radius 2 is 1.64 bits per heavy atom. The van der Waals surface area contributed by atoms with E-state index in [2.05, 4.69) is 6.07 Å². The summed E-state index contributed by atoms with van der Waals surface area (Å²) < 4.78 is 21.8.